The molecular weight excluding hydrogens is 552 g/mol. The molecule has 1 aromatic rings. The molecular formula is C27H34F4N4O4S. The van der Waals surface area contributed by atoms with Gasteiger partial charge in [-0.3, -0.25) is 14.6 Å². The minimum absolute atomic E-state index is 0.0121. The summed E-state index contributed by atoms with van der Waals surface area (Å²) >= 11 is 0. The van der Waals surface area contributed by atoms with Crippen LogP contribution >= 0.6 is 0 Å². The van der Waals surface area contributed by atoms with Crippen molar-refractivity contribution < 1.29 is 35.6 Å². The minimum atomic E-state index is -4.29. The van der Waals surface area contributed by atoms with Gasteiger partial charge in [0.15, 0.2) is 0 Å². The van der Waals surface area contributed by atoms with Crippen molar-refractivity contribution in [3.8, 4) is 0 Å². The molecule has 0 unspecified atom stereocenters. The molecule has 0 atom stereocenters. The van der Waals surface area contributed by atoms with Gasteiger partial charge in [-0.05, 0) is 62.3 Å². The molecule has 3 aliphatic heterocycles. The summed E-state index contributed by atoms with van der Waals surface area (Å²) < 4.78 is 81.7. The third-order valence-corrected chi connectivity index (χ3v) is 10.6. The van der Waals surface area contributed by atoms with Crippen molar-refractivity contribution in [1.82, 2.24) is 14.5 Å². The number of halogens is 4. The number of hydrogen-bond donors (Lipinski definition) is 1. The lowest BCUT2D eigenvalue weighted by Crippen LogP contribution is -2.51. The SMILES string of the molecule is Cc1cc(C(=O)N2CC(F)(F)C(F)(F)C2)ccc1CCS(=O)(=O)N1CCC2(CC1)N=C(C1CCCCC1)NC2=O. The molecule has 1 N–H and O–H groups in total. The summed E-state index contributed by atoms with van der Waals surface area (Å²) in [6.45, 7) is -0.686. The van der Waals surface area contributed by atoms with E-state index in [-0.39, 0.29) is 42.7 Å². The minimum Gasteiger partial charge on any atom is -0.326 e. The summed E-state index contributed by atoms with van der Waals surface area (Å²) in [5, 5.41) is 2.97. The van der Waals surface area contributed by atoms with Crippen LogP contribution in [0.3, 0.4) is 0 Å². The van der Waals surface area contributed by atoms with Crippen LogP contribution in [-0.2, 0) is 21.2 Å². The number of hydrogen-bond acceptors (Lipinski definition) is 5. The Morgan fingerprint density at radius 2 is 1.68 bits per heavy atom. The van der Waals surface area contributed by atoms with Crippen LogP contribution in [0.25, 0.3) is 0 Å². The molecule has 0 aromatic heterocycles. The third kappa shape index (κ3) is 5.38. The van der Waals surface area contributed by atoms with E-state index in [4.69, 9.17) is 4.99 Å². The molecule has 4 aliphatic rings. The maximum absolute atomic E-state index is 13.5. The Labute approximate surface area is 231 Å². The zero-order valence-corrected chi connectivity index (χ0v) is 23.2. The lowest BCUT2D eigenvalue weighted by atomic mass is 9.88. The topological polar surface area (TPSA) is 99.2 Å². The van der Waals surface area contributed by atoms with Gasteiger partial charge in [0, 0.05) is 24.6 Å². The first kappa shape index (κ1) is 29.0. The number of alkyl halides is 4. The number of amides is 2. The van der Waals surface area contributed by atoms with Crippen molar-refractivity contribution in [1.29, 1.82) is 0 Å². The average Bonchev–Trinajstić information content (AvgIpc) is 3.34. The molecule has 220 valence electrons. The van der Waals surface area contributed by atoms with Crippen LogP contribution in [0.2, 0.25) is 0 Å². The Kier molecular flexibility index (Phi) is 7.52. The number of sulfonamides is 1. The Morgan fingerprint density at radius 3 is 2.27 bits per heavy atom. The second-order valence-corrected chi connectivity index (χ2v) is 13.6. The first-order chi connectivity index (χ1) is 18.7. The normalized spacial score (nSPS) is 24.8. The summed E-state index contributed by atoms with van der Waals surface area (Å²) in [5.41, 5.74) is 0.286. The van der Waals surface area contributed by atoms with Gasteiger partial charge in [0.2, 0.25) is 10.0 Å². The Balaban J connectivity index is 1.18. The second kappa shape index (κ2) is 10.4. The predicted octanol–water partition coefficient (Wildman–Crippen LogP) is 3.54. The predicted molar refractivity (Wildman–Crippen MR) is 140 cm³/mol. The highest BCUT2D eigenvalue weighted by molar-refractivity contribution is 7.89. The highest BCUT2D eigenvalue weighted by atomic mass is 32.2. The molecule has 1 spiro atoms. The molecule has 0 bridgehead atoms. The number of likely N-dealkylation sites (tertiary alicyclic amines) is 1. The Bertz CT molecular complexity index is 1300. The molecule has 3 heterocycles. The van der Waals surface area contributed by atoms with Crippen molar-refractivity contribution in [2.24, 2.45) is 10.9 Å². The molecule has 3 fully saturated rings. The van der Waals surface area contributed by atoms with Gasteiger partial charge >= 0.3 is 11.8 Å². The first-order valence-corrected chi connectivity index (χ1v) is 15.4. The molecule has 40 heavy (non-hydrogen) atoms. The van der Waals surface area contributed by atoms with E-state index < -0.39 is 46.4 Å². The molecule has 8 nitrogen and oxygen atoms in total. The molecule has 1 aliphatic carbocycles. The maximum atomic E-state index is 13.5. The standard InChI is InChI=1S/C27H34F4N4O4S/c1-18-15-21(23(36)34-16-26(28,29)27(30,31)17-34)8-7-19(18)9-14-40(38,39)35-12-10-25(11-13-35)24(37)32-22(33-25)20-5-3-2-4-6-20/h7-8,15,20H,2-6,9-14,16-17H2,1H3,(H,32,33,37). The summed E-state index contributed by atoms with van der Waals surface area (Å²) in [6, 6.07) is 4.28. The number of carbonyl (C=O) groups excluding carboxylic acids is 2. The number of rotatable bonds is 6. The number of piperidine rings is 1. The van der Waals surface area contributed by atoms with Gasteiger partial charge in [-0.25, -0.2) is 12.7 Å². The highest BCUT2D eigenvalue weighted by Crippen LogP contribution is 2.41. The fourth-order valence-corrected chi connectivity index (χ4v) is 7.63. The van der Waals surface area contributed by atoms with E-state index in [1.165, 1.54) is 28.9 Å². The number of aliphatic imine (C=N–C) groups is 1. The Morgan fingerprint density at radius 1 is 1.05 bits per heavy atom. The van der Waals surface area contributed by atoms with E-state index in [0.29, 0.717) is 28.9 Å². The summed E-state index contributed by atoms with van der Waals surface area (Å²) in [6.07, 6.45) is 6.23. The number of nitrogens with one attached hydrogen (secondary N) is 1. The van der Waals surface area contributed by atoms with Gasteiger partial charge in [-0.15, -0.1) is 0 Å². The van der Waals surface area contributed by atoms with Crippen molar-refractivity contribution in [2.75, 3.05) is 31.9 Å². The molecule has 1 saturated carbocycles. The smallest absolute Gasteiger partial charge is 0.326 e. The zero-order valence-electron chi connectivity index (χ0n) is 22.4. The van der Waals surface area contributed by atoms with Gasteiger partial charge in [0.25, 0.3) is 11.8 Å². The monoisotopic (exact) mass is 586 g/mol. The molecule has 2 amide bonds. The van der Waals surface area contributed by atoms with E-state index in [1.54, 1.807) is 6.92 Å². The van der Waals surface area contributed by atoms with E-state index >= 15 is 0 Å². The van der Waals surface area contributed by atoms with Crippen molar-refractivity contribution in [2.45, 2.75) is 75.7 Å². The quantitative estimate of drug-likeness (QED) is 0.516. The Hall–Kier alpha value is -2.54. The van der Waals surface area contributed by atoms with Crippen LogP contribution in [0, 0.1) is 12.8 Å². The van der Waals surface area contributed by atoms with Crippen LogP contribution in [-0.4, -0.2) is 84.6 Å². The molecule has 2 saturated heterocycles. The number of amidine groups is 1. The van der Waals surface area contributed by atoms with E-state index in [9.17, 15) is 35.6 Å². The van der Waals surface area contributed by atoms with Crippen LogP contribution < -0.4 is 5.32 Å². The van der Waals surface area contributed by atoms with E-state index in [1.807, 2.05) is 0 Å². The van der Waals surface area contributed by atoms with Gasteiger partial charge in [-0.1, -0.05) is 25.3 Å². The first-order valence-electron chi connectivity index (χ1n) is 13.8. The molecule has 5 rings (SSSR count). The summed E-state index contributed by atoms with van der Waals surface area (Å²) in [7, 11) is -3.65. The van der Waals surface area contributed by atoms with Gasteiger partial charge in [-0.2, -0.15) is 17.6 Å². The van der Waals surface area contributed by atoms with Gasteiger partial charge in [0.05, 0.1) is 18.8 Å². The average molecular weight is 587 g/mol. The largest absolute Gasteiger partial charge is 0.329 e. The fourth-order valence-electron chi connectivity index (χ4n) is 6.15. The summed E-state index contributed by atoms with van der Waals surface area (Å²) in [4.78, 5) is 30.6. The van der Waals surface area contributed by atoms with Crippen LogP contribution in [0.1, 0.15) is 66.4 Å². The van der Waals surface area contributed by atoms with Crippen LogP contribution in [0.5, 0.6) is 0 Å². The van der Waals surface area contributed by atoms with Crippen LogP contribution in [0.4, 0.5) is 17.6 Å². The van der Waals surface area contributed by atoms with Crippen molar-refractivity contribution >= 4 is 27.7 Å². The van der Waals surface area contributed by atoms with Crippen molar-refractivity contribution in [3.05, 3.63) is 34.9 Å². The third-order valence-electron chi connectivity index (χ3n) is 8.75. The van der Waals surface area contributed by atoms with Crippen LogP contribution in [0.15, 0.2) is 23.2 Å². The van der Waals surface area contributed by atoms with E-state index in [0.717, 1.165) is 31.5 Å². The molecule has 1 aromatic carbocycles. The molecule has 13 heteroatoms. The van der Waals surface area contributed by atoms with E-state index in [2.05, 4.69) is 5.32 Å². The lowest BCUT2D eigenvalue weighted by molar-refractivity contribution is -0.172. The maximum Gasteiger partial charge on any atom is 0.329 e. The molecule has 0 radical (unpaired) electrons. The van der Waals surface area contributed by atoms with Crippen molar-refractivity contribution in [3.63, 3.8) is 0 Å². The fraction of sp³-hybridized carbons (Fsp3) is 0.667. The highest BCUT2D eigenvalue weighted by Gasteiger charge is 2.63. The number of nitrogens with zero attached hydrogens (tertiary/aromatic N) is 3. The summed E-state index contributed by atoms with van der Waals surface area (Å²) in [5.74, 6) is -8.81. The lowest BCUT2D eigenvalue weighted by Gasteiger charge is -2.34. The number of benzene rings is 1. The van der Waals surface area contributed by atoms with Gasteiger partial charge in [0.1, 0.15) is 11.4 Å². The number of carbonyl (C=O) groups is 2. The zero-order chi connectivity index (χ0) is 28.9. The number of aryl methyl sites for hydroxylation is 2. The van der Waals surface area contributed by atoms with Gasteiger partial charge < -0.3 is 10.2 Å². The second-order valence-electron chi connectivity index (χ2n) is 11.5.